The van der Waals surface area contributed by atoms with Crippen molar-refractivity contribution in [1.82, 2.24) is 4.98 Å². The predicted octanol–water partition coefficient (Wildman–Crippen LogP) is 3.36. The lowest BCUT2D eigenvalue weighted by molar-refractivity contribution is 0.304. The molecule has 0 atom stereocenters. The quantitative estimate of drug-likeness (QED) is 0.805. The van der Waals surface area contributed by atoms with Crippen LogP contribution in [0.5, 0.6) is 5.75 Å². The SMILES string of the molecule is CCc1ccc(OCc2ccncc2)cc1F. The zero-order valence-corrected chi connectivity index (χ0v) is 9.69. The van der Waals surface area contributed by atoms with Gasteiger partial charge in [-0.25, -0.2) is 4.39 Å². The molecular weight excluding hydrogens is 217 g/mol. The fraction of sp³-hybridized carbons (Fsp3) is 0.214. The third kappa shape index (κ3) is 3.03. The number of pyridine rings is 1. The molecule has 0 unspecified atom stereocenters. The first-order chi connectivity index (χ1) is 8.29. The zero-order valence-electron chi connectivity index (χ0n) is 9.69. The van der Waals surface area contributed by atoms with E-state index in [1.807, 2.05) is 19.1 Å². The number of ether oxygens (including phenoxy) is 1. The molecule has 3 heteroatoms. The molecule has 2 aromatic rings. The van der Waals surface area contributed by atoms with Crippen molar-refractivity contribution in [2.75, 3.05) is 0 Å². The van der Waals surface area contributed by atoms with Gasteiger partial charge >= 0.3 is 0 Å². The van der Waals surface area contributed by atoms with Gasteiger partial charge in [-0.1, -0.05) is 13.0 Å². The Kier molecular flexibility index (Phi) is 3.70. The lowest BCUT2D eigenvalue weighted by Gasteiger charge is -2.07. The number of aromatic nitrogens is 1. The Balaban J connectivity index is 2.02. The van der Waals surface area contributed by atoms with Gasteiger partial charge in [-0.05, 0) is 35.7 Å². The van der Waals surface area contributed by atoms with E-state index in [2.05, 4.69) is 4.98 Å². The van der Waals surface area contributed by atoms with Crippen LogP contribution in [0.3, 0.4) is 0 Å². The summed E-state index contributed by atoms with van der Waals surface area (Å²) in [5.74, 6) is 0.344. The average Bonchev–Trinajstić information content (AvgIpc) is 2.38. The highest BCUT2D eigenvalue weighted by Gasteiger charge is 2.02. The molecule has 88 valence electrons. The first kappa shape index (κ1) is 11.6. The summed E-state index contributed by atoms with van der Waals surface area (Å²) >= 11 is 0. The van der Waals surface area contributed by atoms with Crippen LogP contribution in [-0.2, 0) is 13.0 Å². The third-order valence-corrected chi connectivity index (χ3v) is 2.56. The van der Waals surface area contributed by atoms with Crippen molar-refractivity contribution < 1.29 is 9.13 Å². The topological polar surface area (TPSA) is 22.1 Å². The van der Waals surface area contributed by atoms with Gasteiger partial charge in [-0.15, -0.1) is 0 Å². The van der Waals surface area contributed by atoms with Crippen LogP contribution in [0.2, 0.25) is 0 Å². The molecule has 0 aliphatic carbocycles. The lowest BCUT2D eigenvalue weighted by Crippen LogP contribution is -1.97. The van der Waals surface area contributed by atoms with Crippen molar-refractivity contribution in [2.45, 2.75) is 20.0 Å². The van der Waals surface area contributed by atoms with Crippen LogP contribution in [0.15, 0.2) is 42.7 Å². The first-order valence-corrected chi connectivity index (χ1v) is 5.59. The smallest absolute Gasteiger partial charge is 0.130 e. The van der Waals surface area contributed by atoms with Crippen LogP contribution in [0.1, 0.15) is 18.1 Å². The van der Waals surface area contributed by atoms with Gasteiger partial charge in [0.15, 0.2) is 0 Å². The van der Waals surface area contributed by atoms with Crippen LogP contribution in [0.4, 0.5) is 4.39 Å². The number of aryl methyl sites for hydroxylation is 1. The van der Waals surface area contributed by atoms with Crippen molar-refractivity contribution in [3.8, 4) is 5.75 Å². The third-order valence-electron chi connectivity index (χ3n) is 2.56. The van der Waals surface area contributed by atoms with E-state index >= 15 is 0 Å². The van der Waals surface area contributed by atoms with Gasteiger partial charge in [0.2, 0.25) is 0 Å². The summed E-state index contributed by atoms with van der Waals surface area (Å²) in [6.45, 7) is 2.35. The van der Waals surface area contributed by atoms with E-state index in [1.165, 1.54) is 6.07 Å². The average molecular weight is 231 g/mol. The highest BCUT2D eigenvalue weighted by Crippen LogP contribution is 2.18. The van der Waals surface area contributed by atoms with E-state index in [1.54, 1.807) is 24.5 Å². The lowest BCUT2D eigenvalue weighted by atomic mass is 10.1. The Morgan fingerprint density at radius 1 is 1.18 bits per heavy atom. The van der Waals surface area contributed by atoms with Gasteiger partial charge in [0.1, 0.15) is 18.2 Å². The minimum absolute atomic E-state index is 0.209. The number of nitrogens with zero attached hydrogens (tertiary/aromatic N) is 1. The Bertz CT molecular complexity index is 485. The summed E-state index contributed by atoms with van der Waals surface area (Å²) in [4.78, 5) is 3.92. The Morgan fingerprint density at radius 2 is 1.94 bits per heavy atom. The van der Waals surface area contributed by atoms with Crippen molar-refractivity contribution >= 4 is 0 Å². The number of hydrogen-bond acceptors (Lipinski definition) is 2. The number of halogens is 1. The molecule has 0 N–H and O–H groups in total. The monoisotopic (exact) mass is 231 g/mol. The molecule has 0 spiro atoms. The van der Waals surface area contributed by atoms with E-state index in [0.717, 1.165) is 5.56 Å². The summed E-state index contributed by atoms with van der Waals surface area (Å²) in [6.07, 6.45) is 4.11. The molecule has 1 aromatic heterocycles. The van der Waals surface area contributed by atoms with E-state index < -0.39 is 0 Å². The van der Waals surface area contributed by atoms with E-state index in [9.17, 15) is 4.39 Å². The zero-order chi connectivity index (χ0) is 12.1. The van der Waals surface area contributed by atoms with Gasteiger partial charge in [-0.3, -0.25) is 4.98 Å². The van der Waals surface area contributed by atoms with E-state index in [4.69, 9.17) is 4.74 Å². The van der Waals surface area contributed by atoms with Gasteiger partial charge in [0.25, 0.3) is 0 Å². The molecule has 1 heterocycles. The van der Waals surface area contributed by atoms with Gasteiger partial charge < -0.3 is 4.74 Å². The second kappa shape index (κ2) is 5.43. The van der Waals surface area contributed by atoms with Crippen molar-refractivity contribution in [3.63, 3.8) is 0 Å². The highest BCUT2D eigenvalue weighted by atomic mass is 19.1. The molecule has 0 aliphatic heterocycles. The molecule has 0 aliphatic rings. The van der Waals surface area contributed by atoms with E-state index in [0.29, 0.717) is 24.3 Å². The normalized spacial score (nSPS) is 10.2. The van der Waals surface area contributed by atoms with Crippen LogP contribution < -0.4 is 4.74 Å². The summed E-state index contributed by atoms with van der Waals surface area (Å²) < 4.78 is 19.0. The number of benzene rings is 1. The van der Waals surface area contributed by atoms with Gasteiger partial charge in [0.05, 0.1) is 0 Å². The molecule has 1 aromatic carbocycles. The molecule has 17 heavy (non-hydrogen) atoms. The fourth-order valence-corrected chi connectivity index (χ4v) is 1.55. The molecule has 2 rings (SSSR count). The molecule has 0 radical (unpaired) electrons. The minimum Gasteiger partial charge on any atom is -0.489 e. The van der Waals surface area contributed by atoms with Crippen molar-refractivity contribution in [2.24, 2.45) is 0 Å². The summed E-state index contributed by atoms with van der Waals surface area (Å²) in [5, 5.41) is 0. The molecule has 0 fully saturated rings. The molecular formula is C14H14FNO. The summed E-state index contributed by atoms with van der Waals surface area (Å²) in [7, 11) is 0. The van der Waals surface area contributed by atoms with Crippen molar-refractivity contribution in [1.29, 1.82) is 0 Å². The number of hydrogen-bond donors (Lipinski definition) is 0. The Hall–Kier alpha value is -1.90. The van der Waals surface area contributed by atoms with Crippen LogP contribution >= 0.6 is 0 Å². The van der Waals surface area contributed by atoms with E-state index in [-0.39, 0.29) is 5.82 Å². The molecule has 0 saturated heterocycles. The largest absolute Gasteiger partial charge is 0.489 e. The van der Waals surface area contributed by atoms with Crippen LogP contribution in [0.25, 0.3) is 0 Å². The van der Waals surface area contributed by atoms with Crippen molar-refractivity contribution in [3.05, 3.63) is 59.7 Å². The van der Waals surface area contributed by atoms with Gasteiger partial charge in [0, 0.05) is 18.5 Å². The van der Waals surface area contributed by atoms with Crippen LogP contribution in [-0.4, -0.2) is 4.98 Å². The maximum atomic E-state index is 13.5. The second-order valence-corrected chi connectivity index (χ2v) is 3.75. The minimum atomic E-state index is -0.209. The summed E-state index contributed by atoms with van der Waals surface area (Å²) in [6, 6.07) is 8.73. The maximum absolute atomic E-state index is 13.5. The van der Waals surface area contributed by atoms with Crippen LogP contribution in [0, 0.1) is 5.82 Å². The number of rotatable bonds is 4. The predicted molar refractivity (Wildman–Crippen MR) is 64.3 cm³/mol. The Labute approximate surface area is 100 Å². The first-order valence-electron chi connectivity index (χ1n) is 5.59. The molecule has 0 amide bonds. The van der Waals surface area contributed by atoms with Gasteiger partial charge in [-0.2, -0.15) is 0 Å². The fourth-order valence-electron chi connectivity index (χ4n) is 1.55. The second-order valence-electron chi connectivity index (χ2n) is 3.75. The molecule has 0 bridgehead atoms. The maximum Gasteiger partial charge on any atom is 0.130 e. The Morgan fingerprint density at radius 3 is 2.59 bits per heavy atom. The highest BCUT2D eigenvalue weighted by molar-refractivity contribution is 5.29. The molecule has 2 nitrogen and oxygen atoms in total. The summed E-state index contributed by atoms with van der Waals surface area (Å²) in [5.41, 5.74) is 1.72. The molecule has 0 saturated carbocycles. The standard InChI is InChI=1S/C14H14FNO/c1-2-12-3-4-13(9-14(12)15)17-10-11-5-7-16-8-6-11/h3-9H,2,10H2,1H3.